The van der Waals surface area contributed by atoms with Crippen molar-refractivity contribution < 1.29 is 14.6 Å². The number of rotatable bonds is 3. The highest BCUT2D eigenvalue weighted by Gasteiger charge is 2.31. The number of nitrogens with zero attached hydrogens (tertiary/aromatic N) is 2. The monoisotopic (exact) mass is 290 g/mol. The normalized spacial score (nSPS) is 26.4. The Morgan fingerprint density at radius 3 is 2.95 bits per heavy atom. The lowest BCUT2D eigenvalue weighted by Crippen LogP contribution is -2.49. The molecular weight excluding hydrogens is 268 g/mol. The molecule has 2 atom stereocenters. The van der Waals surface area contributed by atoms with Crippen molar-refractivity contribution in [3.05, 3.63) is 29.8 Å². The minimum absolute atomic E-state index is 0.143. The van der Waals surface area contributed by atoms with Gasteiger partial charge in [-0.1, -0.05) is 18.2 Å². The lowest BCUT2D eigenvalue weighted by molar-refractivity contribution is -0.141. The number of anilines is 1. The second-order valence-corrected chi connectivity index (χ2v) is 6.03. The van der Waals surface area contributed by atoms with Crippen LogP contribution in [-0.2, 0) is 16.0 Å². The number of benzene rings is 1. The molecule has 1 fully saturated rings. The number of carboxylic acids is 1. The summed E-state index contributed by atoms with van der Waals surface area (Å²) < 4.78 is 5.83. The van der Waals surface area contributed by atoms with Crippen molar-refractivity contribution in [1.82, 2.24) is 4.90 Å². The molecule has 2 unspecified atom stereocenters. The maximum absolute atomic E-state index is 11.4. The third-order valence-electron chi connectivity index (χ3n) is 4.35. The zero-order valence-corrected chi connectivity index (χ0v) is 12.4. The Morgan fingerprint density at radius 2 is 2.19 bits per heavy atom. The summed E-state index contributed by atoms with van der Waals surface area (Å²) in [5.41, 5.74) is 2.28. The predicted molar refractivity (Wildman–Crippen MR) is 80.7 cm³/mol. The number of ether oxygens (including phenoxy) is 1. The van der Waals surface area contributed by atoms with Gasteiger partial charge in [-0.3, -0.25) is 4.79 Å². The van der Waals surface area contributed by atoms with E-state index in [2.05, 4.69) is 22.9 Å². The van der Waals surface area contributed by atoms with Gasteiger partial charge in [0.2, 0.25) is 0 Å². The fourth-order valence-electron chi connectivity index (χ4n) is 3.25. The summed E-state index contributed by atoms with van der Waals surface area (Å²) >= 11 is 0. The summed E-state index contributed by atoms with van der Waals surface area (Å²) in [6, 6.07) is 8.11. The van der Waals surface area contributed by atoms with Gasteiger partial charge in [-0.25, -0.2) is 0 Å². The maximum atomic E-state index is 11.4. The number of hydrogen-bond donors (Lipinski definition) is 1. The zero-order valence-electron chi connectivity index (χ0n) is 12.4. The summed E-state index contributed by atoms with van der Waals surface area (Å²) in [7, 11) is 2.10. The minimum atomic E-state index is -0.712. The molecule has 0 saturated carbocycles. The van der Waals surface area contributed by atoms with E-state index in [1.54, 1.807) is 0 Å². The van der Waals surface area contributed by atoms with Gasteiger partial charge in [0.25, 0.3) is 0 Å². The lowest BCUT2D eigenvalue weighted by atomic mass is 9.92. The van der Waals surface area contributed by atoms with Gasteiger partial charge in [-0.2, -0.15) is 0 Å². The third kappa shape index (κ3) is 3.19. The molecule has 5 nitrogen and oxygen atoms in total. The summed E-state index contributed by atoms with van der Waals surface area (Å²) in [6.07, 6.45) is 0.761. The maximum Gasteiger partial charge on any atom is 0.308 e. The van der Waals surface area contributed by atoms with Crippen molar-refractivity contribution >= 4 is 11.7 Å². The Labute approximate surface area is 125 Å². The molecule has 0 spiro atoms. The van der Waals surface area contributed by atoms with Crippen LogP contribution in [-0.4, -0.2) is 61.9 Å². The van der Waals surface area contributed by atoms with E-state index in [4.69, 9.17) is 4.74 Å². The highest BCUT2D eigenvalue weighted by molar-refractivity contribution is 5.73. The van der Waals surface area contributed by atoms with Crippen molar-refractivity contribution in [3.63, 3.8) is 0 Å². The molecule has 1 aromatic carbocycles. The van der Waals surface area contributed by atoms with Crippen LogP contribution < -0.4 is 4.90 Å². The van der Waals surface area contributed by atoms with E-state index in [1.165, 1.54) is 0 Å². The molecule has 0 aliphatic carbocycles. The van der Waals surface area contributed by atoms with E-state index in [0.29, 0.717) is 13.0 Å². The highest BCUT2D eigenvalue weighted by atomic mass is 16.5. The van der Waals surface area contributed by atoms with Gasteiger partial charge in [0.05, 0.1) is 18.6 Å². The van der Waals surface area contributed by atoms with Crippen LogP contribution in [0.4, 0.5) is 5.69 Å². The second-order valence-electron chi connectivity index (χ2n) is 6.03. The lowest BCUT2D eigenvalue weighted by Gasteiger charge is -2.39. The predicted octanol–water partition coefficient (Wildman–Crippen LogP) is 1.08. The highest BCUT2D eigenvalue weighted by Crippen LogP contribution is 2.30. The quantitative estimate of drug-likeness (QED) is 0.903. The second kappa shape index (κ2) is 6.03. The van der Waals surface area contributed by atoms with Crippen LogP contribution in [0.3, 0.4) is 0 Å². The van der Waals surface area contributed by atoms with Crippen LogP contribution in [0.5, 0.6) is 0 Å². The van der Waals surface area contributed by atoms with Crippen LogP contribution in [0.25, 0.3) is 0 Å². The molecule has 2 aliphatic heterocycles. The van der Waals surface area contributed by atoms with E-state index in [1.807, 2.05) is 18.2 Å². The molecular formula is C16H22N2O3. The molecule has 1 saturated heterocycles. The third-order valence-corrected chi connectivity index (χ3v) is 4.35. The van der Waals surface area contributed by atoms with Crippen molar-refractivity contribution in [2.75, 3.05) is 44.7 Å². The fraction of sp³-hybridized carbons (Fsp3) is 0.562. The van der Waals surface area contributed by atoms with Gasteiger partial charge in [0.1, 0.15) is 0 Å². The van der Waals surface area contributed by atoms with Gasteiger partial charge in [0.15, 0.2) is 0 Å². The first-order valence-electron chi connectivity index (χ1n) is 7.49. The molecule has 0 amide bonds. The Hall–Kier alpha value is -1.59. The summed E-state index contributed by atoms with van der Waals surface area (Å²) in [4.78, 5) is 15.8. The van der Waals surface area contributed by atoms with E-state index >= 15 is 0 Å². The molecule has 2 aliphatic rings. The number of para-hydroxylation sites is 1. The van der Waals surface area contributed by atoms with Crippen LogP contribution in [0.2, 0.25) is 0 Å². The number of carboxylic acid groups (broad SMARTS) is 1. The molecule has 114 valence electrons. The molecule has 0 aromatic heterocycles. The first-order chi connectivity index (χ1) is 10.1. The Kier molecular flexibility index (Phi) is 4.12. The fourth-order valence-corrected chi connectivity index (χ4v) is 3.25. The van der Waals surface area contributed by atoms with Gasteiger partial charge in [-0.15, -0.1) is 0 Å². The SMILES string of the molecule is CN1CCOC(CN2CC(C(=O)O)Cc3ccccc32)C1. The Balaban J connectivity index is 1.78. The number of hydrogen-bond acceptors (Lipinski definition) is 4. The van der Waals surface area contributed by atoms with E-state index < -0.39 is 5.97 Å². The summed E-state index contributed by atoms with van der Waals surface area (Å²) in [5, 5.41) is 9.36. The van der Waals surface area contributed by atoms with Gasteiger partial charge < -0.3 is 19.6 Å². The summed E-state index contributed by atoms with van der Waals surface area (Å²) in [6.45, 7) is 3.93. The van der Waals surface area contributed by atoms with Crippen molar-refractivity contribution in [2.24, 2.45) is 5.92 Å². The van der Waals surface area contributed by atoms with Crippen LogP contribution >= 0.6 is 0 Å². The molecule has 1 aromatic rings. The summed E-state index contributed by atoms with van der Waals surface area (Å²) in [5.74, 6) is -1.04. The van der Waals surface area contributed by atoms with Gasteiger partial charge in [-0.05, 0) is 25.1 Å². The van der Waals surface area contributed by atoms with Crippen LogP contribution in [0.15, 0.2) is 24.3 Å². The number of likely N-dealkylation sites (N-methyl/N-ethyl adjacent to an activating group) is 1. The average Bonchev–Trinajstić information content (AvgIpc) is 2.47. The topological polar surface area (TPSA) is 53.0 Å². The largest absolute Gasteiger partial charge is 0.481 e. The molecule has 1 N–H and O–H groups in total. The van der Waals surface area contributed by atoms with E-state index in [9.17, 15) is 9.90 Å². The molecule has 21 heavy (non-hydrogen) atoms. The van der Waals surface area contributed by atoms with Gasteiger partial charge >= 0.3 is 5.97 Å². The zero-order chi connectivity index (χ0) is 14.8. The van der Waals surface area contributed by atoms with E-state index in [-0.39, 0.29) is 12.0 Å². The van der Waals surface area contributed by atoms with Crippen LogP contribution in [0.1, 0.15) is 5.56 Å². The average molecular weight is 290 g/mol. The Bertz CT molecular complexity index is 520. The first kappa shape index (κ1) is 14.4. The molecule has 0 bridgehead atoms. The smallest absolute Gasteiger partial charge is 0.308 e. The number of fused-ring (bicyclic) bond motifs is 1. The van der Waals surface area contributed by atoms with E-state index in [0.717, 1.165) is 37.5 Å². The molecule has 2 heterocycles. The molecule has 5 heteroatoms. The number of morpholine rings is 1. The standard InChI is InChI=1S/C16H22N2O3/c1-17-6-7-21-14(10-17)11-18-9-13(16(19)20)8-12-4-2-3-5-15(12)18/h2-5,13-14H,6-11H2,1H3,(H,19,20). The van der Waals surface area contributed by atoms with Crippen LogP contribution in [0, 0.1) is 5.92 Å². The van der Waals surface area contributed by atoms with Gasteiger partial charge in [0, 0.05) is 31.9 Å². The van der Waals surface area contributed by atoms with Crippen molar-refractivity contribution in [2.45, 2.75) is 12.5 Å². The van der Waals surface area contributed by atoms with Crippen molar-refractivity contribution in [1.29, 1.82) is 0 Å². The van der Waals surface area contributed by atoms with Crippen molar-refractivity contribution in [3.8, 4) is 0 Å². The minimum Gasteiger partial charge on any atom is -0.481 e. The number of aliphatic carboxylic acids is 1. The number of carbonyl (C=O) groups is 1. The molecule has 3 rings (SSSR count). The molecule has 0 radical (unpaired) electrons. The Morgan fingerprint density at radius 1 is 1.38 bits per heavy atom. The first-order valence-corrected chi connectivity index (χ1v) is 7.49.